The standard InChI is InChI=1S/C27H35N3O4/c1-6-29(7-2)14-15-30-24(20-10-12-28-13-11-20)23(26(32)27(30)33)25(31)22-9-8-21(16-19(22)5)34-17-18(3)4/h8-13,16,18,24,31H,6-7,14-15,17H2,1-5H3/b25-23+/t24-/m0/s1. The maximum Gasteiger partial charge on any atom is 0.295 e. The normalized spacial score (nSPS) is 17.7. The average Bonchev–Trinajstić information content (AvgIpc) is 3.08. The van der Waals surface area contributed by atoms with Gasteiger partial charge in [-0.05, 0) is 67.4 Å². The van der Waals surface area contributed by atoms with Crippen LogP contribution in [0.3, 0.4) is 0 Å². The zero-order valence-corrected chi connectivity index (χ0v) is 20.7. The van der Waals surface area contributed by atoms with Crippen LogP contribution in [0.25, 0.3) is 5.76 Å². The van der Waals surface area contributed by atoms with E-state index in [0.717, 1.165) is 24.2 Å². The highest BCUT2D eigenvalue weighted by Crippen LogP contribution is 2.39. The number of hydrogen-bond acceptors (Lipinski definition) is 6. The molecule has 1 aromatic carbocycles. The first-order chi connectivity index (χ1) is 16.3. The molecule has 7 heteroatoms. The molecule has 1 amide bonds. The largest absolute Gasteiger partial charge is 0.507 e. The van der Waals surface area contributed by atoms with Crippen LogP contribution in [0.4, 0.5) is 0 Å². The van der Waals surface area contributed by atoms with E-state index < -0.39 is 17.7 Å². The first-order valence-electron chi connectivity index (χ1n) is 11.9. The van der Waals surface area contributed by atoms with E-state index in [4.69, 9.17) is 4.74 Å². The minimum absolute atomic E-state index is 0.106. The van der Waals surface area contributed by atoms with Crippen molar-refractivity contribution in [3.63, 3.8) is 0 Å². The number of pyridine rings is 1. The summed E-state index contributed by atoms with van der Waals surface area (Å²) in [7, 11) is 0. The van der Waals surface area contributed by atoms with Crippen LogP contribution in [-0.4, -0.2) is 64.4 Å². The van der Waals surface area contributed by atoms with Crippen LogP contribution >= 0.6 is 0 Å². The van der Waals surface area contributed by atoms with Gasteiger partial charge in [0.15, 0.2) is 0 Å². The quantitative estimate of drug-likeness (QED) is 0.322. The van der Waals surface area contributed by atoms with Crippen molar-refractivity contribution >= 4 is 17.4 Å². The molecule has 7 nitrogen and oxygen atoms in total. The second-order valence-electron chi connectivity index (χ2n) is 8.98. The first-order valence-corrected chi connectivity index (χ1v) is 11.9. The van der Waals surface area contributed by atoms with Gasteiger partial charge in [0.1, 0.15) is 11.5 Å². The number of ether oxygens (including phenoxy) is 1. The molecule has 1 aromatic heterocycles. The van der Waals surface area contributed by atoms with Gasteiger partial charge in [-0.3, -0.25) is 14.6 Å². The Morgan fingerprint density at radius 3 is 2.41 bits per heavy atom. The van der Waals surface area contributed by atoms with Crippen molar-refractivity contribution in [2.24, 2.45) is 5.92 Å². The third-order valence-electron chi connectivity index (χ3n) is 6.15. The summed E-state index contributed by atoms with van der Waals surface area (Å²) in [5.74, 6) is -0.337. The summed E-state index contributed by atoms with van der Waals surface area (Å²) >= 11 is 0. The van der Waals surface area contributed by atoms with E-state index in [1.165, 1.54) is 0 Å². The third kappa shape index (κ3) is 5.47. The molecule has 1 aliphatic rings. The number of carbonyl (C=O) groups is 2. The van der Waals surface area contributed by atoms with E-state index in [-0.39, 0.29) is 11.3 Å². The Hall–Kier alpha value is -3.19. The monoisotopic (exact) mass is 465 g/mol. The summed E-state index contributed by atoms with van der Waals surface area (Å²) in [6.45, 7) is 13.5. The lowest BCUT2D eigenvalue weighted by atomic mass is 9.94. The number of aliphatic hydroxyl groups excluding tert-OH is 1. The first kappa shape index (κ1) is 25.4. The van der Waals surface area contributed by atoms with Gasteiger partial charge in [-0.2, -0.15) is 0 Å². The molecule has 1 fully saturated rings. The van der Waals surface area contributed by atoms with Crippen LogP contribution in [0.5, 0.6) is 5.75 Å². The lowest BCUT2D eigenvalue weighted by molar-refractivity contribution is -0.140. The zero-order valence-electron chi connectivity index (χ0n) is 20.7. The molecule has 3 rings (SSSR count). The molecule has 2 heterocycles. The highest BCUT2D eigenvalue weighted by molar-refractivity contribution is 6.46. The van der Waals surface area contributed by atoms with Crippen molar-refractivity contribution in [2.45, 2.75) is 40.7 Å². The molecular formula is C27H35N3O4. The van der Waals surface area contributed by atoms with Crippen LogP contribution in [0, 0.1) is 12.8 Å². The fourth-order valence-electron chi connectivity index (χ4n) is 4.19. The number of nitrogens with zero attached hydrogens (tertiary/aromatic N) is 3. The number of aromatic nitrogens is 1. The van der Waals surface area contributed by atoms with E-state index in [1.54, 1.807) is 41.6 Å². The number of aliphatic hydroxyl groups is 1. The van der Waals surface area contributed by atoms with E-state index >= 15 is 0 Å². The Morgan fingerprint density at radius 2 is 1.82 bits per heavy atom. The number of likely N-dealkylation sites (N-methyl/N-ethyl adjacent to an activating group) is 1. The lowest BCUT2D eigenvalue weighted by Gasteiger charge is -2.28. The Bertz CT molecular complexity index is 1050. The van der Waals surface area contributed by atoms with Crippen LogP contribution < -0.4 is 4.74 Å². The van der Waals surface area contributed by atoms with Crippen LogP contribution in [-0.2, 0) is 9.59 Å². The molecule has 0 radical (unpaired) electrons. The smallest absolute Gasteiger partial charge is 0.295 e. The van der Waals surface area contributed by atoms with Gasteiger partial charge in [0.2, 0.25) is 0 Å². The van der Waals surface area contributed by atoms with Crippen molar-refractivity contribution < 1.29 is 19.4 Å². The molecule has 1 N–H and O–H groups in total. The molecule has 0 saturated carbocycles. The summed E-state index contributed by atoms with van der Waals surface area (Å²) in [6, 6.07) is 8.26. The molecule has 1 atom stereocenters. The maximum atomic E-state index is 13.2. The van der Waals surface area contributed by atoms with E-state index in [9.17, 15) is 14.7 Å². The molecule has 0 unspecified atom stereocenters. The second-order valence-corrected chi connectivity index (χ2v) is 8.98. The van der Waals surface area contributed by atoms with Crippen molar-refractivity contribution in [1.29, 1.82) is 0 Å². The highest BCUT2D eigenvalue weighted by atomic mass is 16.5. The molecule has 0 spiro atoms. The van der Waals surface area contributed by atoms with E-state index in [1.807, 2.05) is 13.0 Å². The number of likely N-dealkylation sites (tertiary alicyclic amines) is 1. The van der Waals surface area contributed by atoms with Gasteiger partial charge in [-0.15, -0.1) is 0 Å². The molecular weight excluding hydrogens is 430 g/mol. The van der Waals surface area contributed by atoms with Crippen molar-refractivity contribution in [2.75, 3.05) is 32.8 Å². The summed E-state index contributed by atoms with van der Waals surface area (Å²) in [6.07, 6.45) is 3.26. The predicted octanol–water partition coefficient (Wildman–Crippen LogP) is 4.19. The Kier molecular flexibility index (Phi) is 8.45. The maximum absolute atomic E-state index is 13.2. The van der Waals surface area contributed by atoms with Crippen molar-refractivity contribution in [1.82, 2.24) is 14.8 Å². The molecule has 0 aliphatic carbocycles. The van der Waals surface area contributed by atoms with Crippen LogP contribution in [0.2, 0.25) is 0 Å². The van der Waals surface area contributed by atoms with Gasteiger partial charge in [-0.1, -0.05) is 27.7 Å². The fraction of sp³-hybridized carbons (Fsp3) is 0.444. The summed E-state index contributed by atoms with van der Waals surface area (Å²) in [5, 5.41) is 11.3. The minimum atomic E-state index is -0.671. The van der Waals surface area contributed by atoms with Crippen LogP contribution in [0.15, 0.2) is 48.3 Å². The van der Waals surface area contributed by atoms with Gasteiger partial charge in [0.05, 0.1) is 18.2 Å². The molecule has 2 aromatic rings. The topological polar surface area (TPSA) is 83.0 Å². The minimum Gasteiger partial charge on any atom is -0.507 e. The number of rotatable bonds is 10. The van der Waals surface area contributed by atoms with Gasteiger partial charge >= 0.3 is 0 Å². The summed E-state index contributed by atoms with van der Waals surface area (Å²) in [4.78, 5) is 34.1. The molecule has 182 valence electrons. The van der Waals surface area contributed by atoms with Crippen molar-refractivity contribution in [3.05, 3.63) is 65.0 Å². The number of benzene rings is 1. The molecule has 1 saturated heterocycles. The Labute approximate surface area is 202 Å². The number of aryl methyl sites for hydroxylation is 1. The summed E-state index contributed by atoms with van der Waals surface area (Å²) in [5.41, 5.74) is 2.12. The number of ketones is 1. The molecule has 1 aliphatic heterocycles. The van der Waals surface area contributed by atoms with Gasteiger partial charge in [0.25, 0.3) is 11.7 Å². The van der Waals surface area contributed by atoms with Gasteiger partial charge in [-0.25, -0.2) is 0 Å². The SMILES string of the molecule is CCN(CC)CCN1C(=O)C(=O)/C(=C(/O)c2ccc(OCC(C)C)cc2C)[C@@H]1c1ccncc1. The van der Waals surface area contributed by atoms with E-state index in [2.05, 4.69) is 37.6 Å². The van der Waals surface area contributed by atoms with Crippen LogP contribution in [0.1, 0.15) is 50.4 Å². The molecule has 34 heavy (non-hydrogen) atoms. The number of Topliss-reactive ketones (excluding diaryl/α,β-unsaturated/α-hetero) is 1. The number of carbonyl (C=O) groups excluding carboxylic acids is 2. The van der Waals surface area contributed by atoms with E-state index in [0.29, 0.717) is 36.9 Å². The average molecular weight is 466 g/mol. The number of hydrogen-bond donors (Lipinski definition) is 1. The summed E-state index contributed by atoms with van der Waals surface area (Å²) < 4.78 is 5.79. The predicted molar refractivity (Wildman–Crippen MR) is 133 cm³/mol. The third-order valence-corrected chi connectivity index (χ3v) is 6.15. The number of amides is 1. The van der Waals surface area contributed by atoms with Gasteiger partial charge < -0.3 is 19.6 Å². The van der Waals surface area contributed by atoms with Crippen molar-refractivity contribution in [3.8, 4) is 5.75 Å². The molecule has 0 bridgehead atoms. The zero-order chi connectivity index (χ0) is 24.8. The van der Waals surface area contributed by atoms with Gasteiger partial charge in [0, 0.05) is 31.0 Å². The highest BCUT2D eigenvalue weighted by Gasteiger charge is 2.46. The Balaban J connectivity index is 2.03. The Morgan fingerprint density at radius 1 is 1.15 bits per heavy atom. The lowest BCUT2D eigenvalue weighted by Crippen LogP contribution is -2.38. The fourth-order valence-corrected chi connectivity index (χ4v) is 4.19. The second kappa shape index (κ2) is 11.3.